The molecule has 1 heterocycles. The van der Waals surface area contributed by atoms with E-state index in [1.54, 1.807) is 72.8 Å². The summed E-state index contributed by atoms with van der Waals surface area (Å²) in [6, 6.07) is 23.9. The third-order valence-corrected chi connectivity index (χ3v) is 7.49. The predicted molar refractivity (Wildman–Crippen MR) is 167 cm³/mol. The number of hydrogen-bond acceptors (Lipinski definition) is 7. The second-order valence-electron chi connectivity index (χ2n) is 10.5. The summed E-state index contributed by atoms with van der Waals surface area (Å²) in [5.74, 6) is -0.872. The van der Waals surface area contributed by atoms with Crippen LogP contribution in [-0.2, 0) is 22.5 Å². The van der Waals surface area contributed by atoms with Crippen LogP contribution < -0.4 is 14.8 Å². The quantitative estimate of drug-likeness (QED) is 0.0755. The molecule has 0 unspecified atom stereocenters. The molecule has 0 spiro atoms. The molecule has 236 valence electrons. The minimum absolute atomic E-state index is 0.00907. The summed E-state index contributed by atoms with van der Waals surface area (Å²) in [5, 5.41) is 15.7. The number of amides is 1. The number of aliphatic imine (C=N–C) groups is 1. The van der Waals surface area contributed by atoms with Gasteiger partial charge >= 0.3 is 0 Å². The van der Waals surface area contributed by atoms with E-state index >= 15 is 0 Å². The molecule has 12 heteroatoms. The number of aliphatic hydroxyl groups excluding tert-OH is 1. The van der Waals surface area contributed by atoms with Crippen LogP contribution in [0.1, 0.15) is 34.8 Å². The van der Waals surface area contributed by atoms with Gasteiger partial charge in [0.15, 0.2) is 11.6 Å². The van der Waals surface area contributed by atoms with Crippen molar-refractivity contribution in [2.75, 3.05) is 20.3 Å². The first-order valence-electron chi connectivity index (χ1n) is 14.5. The van der Waals surface area contributed by atoms with Gasteiger partial charge in [-0.25, -0.2) is 13.8 Å². The SMILES string of the molecule is COc1cccc([C@H]2OC(c3ccc(OCCCO)cc3)=N[C@@]2(Cc2ccccc2N=[N+]=[N-])C(=O)NCc2ccc(F)cc2F)c1. The third kappa shape index (κ3) is 7.09. The maximum Gasteiger partial charge on any atom is 0.252 e. The van der Waals surface area contributed by atoms with E-state index < -0.39 is 29.2 Å². The summed E-state index contributed by atoms with van der Waals surface area (Å²) in [6.45, 7) is 0.100. The Kier molecular flexibility index (Phi) is 10.1. The minimum atomic E-state index is -1.68. The van der Waals surface area contributed by atoms with Gasteiger partial charge in [-0.3, -0.25) is 4.79 Å². The molecule has 10 nitrogen and oxygen atoms in total. The molecule has 4 aromatic carbocycles. The molecule has 0 saturated heterocycles. The average molecular weight is 628 g/mol. The van der Waals surface area contributed by atoms with Gasteiger partial charge in [-0.05, 0) is 59.1 Å². The molecule has 0 aliphatic carbocycles. The predicted octanol–water partition coefficient (Wildman–Crippen LogP) is 6.49. The van der Waals surface area contributed by atoms with Crippen molar-refractivity contribution in [3.8, 4) is 11.5 Å². The first kappa shape index (κ1) is 32.0. The van der Waals surface area contributed by atoms with Crippen molar-refractivity contribution in [2.45, 2.75) is 31.0 Å². The zero-order valence-electron chi connectivity index (χ0n) is 24.9. The Morgan fingerprint density at radius 3 is 2.59 bits per heavy atom. The van der Waals surface area contributed by atoms with Gasteiger partial charge in [0, 0.05) is 53.8 Å². The maximum absolute atomic E-state index is 14.6. The highest BCUT2D eigenvalue weighted by Gasteiger charge is 2.53. The zero-order chi connectivity index (χ0) is 32.5. The molecule has 0 radical (unpaired) electrons. The van der Waals surface area contributed by atoms with Gasteiger partial charge in [0.2, 0.25) is 5.90 Å². The molecule has 2 atom stereocenters. The van der Waals surface area contributed by atoms with Crippen LogP contribution in [0, 0.1) is 11.6 Å². The molecule has 5 rings (SSSR count). The van der Waals surface area contributed by atoms with E-state index in [4.69, 9.17) is 24.3 Å². The summed E-state index contributed by atoms with van der Waals surface area (Å²) in [6.07, 6.45) is -0.584. The smallest absolute Gasteiger partial charge is 0.252 e. The second kappa shape index (κ2) is 14.6. The molecule has 4 aromatic rings. The summed E-state index contributed by atoms with van der Waals surface area (Å²) >= 11 is 0. The molecular formula is C34H31F2N5O5. The Hall–Kier alpha value is -5.45. The number of nitrogens with zero attached hydrogens (tertiary/aromatic N) is 4. The van der Waals surface area contributed by atoms with Crippen molar-refractivity contribution >= 4 is 17.5 Å². The van der Waals surface area contributed by atoms with Gasteiger partial charge in [-0.15, -0.1) is 0 Å². The molecule has 1 aliphatic rings. The number of carbonyl (C=O) groups is 1. The van der Waals surface area contributed by atoms with E-state index in [1.165, 1.54) is 13.2 Å². The molecular weight excluding hydrogens is 596 g/mol. The van der Waals surface area contributed by atoms with E-state index in [9.17, 15) is 19.1 Å². The van der Waals surface area contributed by atoms with E-state index in [2.05, 4.69) is 15.3 Å². The van der Waals surface area contributed by atoms with Crippen molar-refractivity contribution in [2.24, 2.45) is 10.1 Å². The fourth-order valence-corrected chi connectivity index (χ4v) is 5.18. The van der Waals surface area contributed by atoms with Crippen LogP contribution in [0.25, 0.3) is 10.4 Å². The largest absolute Gasteiger partial charge is 0.497 e. The van der Waals surface area contributed by atoms with E-state index in [-0.39, 0.29) is 31.0 Å². The van der Waals surface area contributed by atoms with Crippen LogP contribution in [-0.4, -0.2) is 42.8 Å². The van der Waals surface area contributed by atoms with Crippen LogP contribution in [0.4, 0.5) is 14.5 Å². The first-order chi connectivity index (χ1) is 22.4. The molecule has 1 amide bonds. The Morgan fingerprint density at radius 1 is 1.04 bits per heavy atom. The molecule has 0 fully saturated rings. The van der Waals surface area contributed by atoms with Crippen molar-refractivity contribution in [1.82, 2.24) is 5.32 Å². The standard InChI is InChI=1S/C34H31F2N5O5/c1-44-28-8-4-7-23(18-28)31-34(20-24-6-2-3-9-30(24)40-41-37,33(43)38-21-25-10-13-26(35)19-29(25)36)39-32(46-31)22-11-14-27(15-12-22)45-17-5-16-42/h2-4,6-15,18-19,31,42H,5,16-17,20-21H2,1H3,(H,38,43)/t31-,34-/m1/s1. The number of methoxy groups -OCH3 is 1. The fourth-order valence-electron chi connectivity index (χ4n) is 5.18. The van der Waals surface area contributed by atoms with Crippen LogP contribution in [0.5, 0.6) is 11.5 Å². The number of halogens is 2. The third-order valence-electron chi connectivity index (χ3n) is 7.49. The lowest BCUT2D eigenvalue weighted by Crippen LogP contribution is -2.49. The molecule has 0 bridgehead atoms. The second-order valence-corrected chi connectivity index (χ2v) is 10.5. The lowest BCUT2D eigenvalue weighted by atomic mass is 9.81. The van der Waals surface area contributed by atoms with E-state index in [0.717, 1.165) is 12.1 Å². The lowest BCUT2D eigenvalue weighted by molar-refractivity contribution is -0.129. The summed E-state index contributed by atoms with van der Waals surface area (Å²) in [7, 11) is 1.52. The normalized spacial score (nSPS) is 17.0. The van der Waals surface area contributed by atoms with Gasteiger partial charge in [-0.1, -0.05) is 47.6 Å². The molecule has 46 heavy (non-hydrogen) atoms. The van der Waals surface area contributed by atoms with Gasteiger partial charge in [-0.2, -0.15) is 0 Å². The first-order valence-corrected chi connectivity index (χ1v) is 14.5. The summed E-state index contributed by atoms with van der Waals surface area (Å²) < 4.78 is 45.8. The molecule has 0 saturated carbocycles. The van der Waals surface area contributed by atoms with Crippen LogP contribution in [0.2, 0.25) is 0 Å². The summed E-state index contributed by atoms with van der Waals surface area (Å²) in [5.41, 5.74) is 9.59. The van der Waals surface area contributed by atoms with Crippen molar-refractivity contribution in [1.29, 1.82) is 0 Å². The molecule has 2 N–H and O–H groups in total. The topological polar surface area (TPSA) is 138 Å². The number of rotatable bonds is 13. The van der Waals surface area contributed by atoms with Crippen LogP contribution in [0.15, 0.2) is 101 Å². The van der Waals surface area contributed by atoms with Crippen LogP contribution in [0.3, 0.4) is 0 Å². The van der Waals surface area contributed by atoms with Crippen LogP contribution >= 0.6 is 0 Å². The van der Waals surface area contributed by atoms with Crippen molar-refractivity contribution in [3.05, 3.63) is 135 Å². The van der Waals surface area contributed by atoms with E-state index in [0.29, 0.717) is 46.9 Å². The monoisotopic (exact) mass is 627 g/mol. The Morgan fingerprint density at radius 2 is 1.85 bits per heavy atom. The lowest BCUT2D eigenvalue weighted by Gasteiger charge is -2.31. The fraction of sp³-hybridized carbons (Fsp3) is 0.235. The van der Waals surface area contributed by atoms with Gasteiger partial charge in [0.25, 0.3) is 5.91 Å². The number of hydrogen-bond donors (Lipinski definition) is 2. The Bertz CT molecular complexity index is 1780. The minimum Gasteiger partial charge on any atom is -0.497 e. The zero-order valence-corrected chi connectivity index (χ0v) is 24.9. The number of ether oxygens (including phenoxy) is 3. The summed E-state index contributed by atoms with van der Waals surface area (Å²) in [4.78, 5) is 22.3. The number of aliphatic hydroxyl groups is 1. The van der Waals surface area contributed by atoms with Gasteiger partial charge < -0.3 is 24.6 Å². The highest BCUT2D eigenvalue weighted by molar-refractivity contribution is 6.01. The van der Waals surface area contributed by atoms with Gasteiger partial charge in [0.05, 0.1) is 13.7 Å². The highest BCUT2D eigenvalue weighted by atomic mass is 19.1. The number of carbonyl (C=O) groups excluding carboxylic acids is 1. The average Bonchev–Trinajstić information content (AvgIpc) is 3.46. The molecule has 1 aliphatic heterocycles. The highest BCUT2D eigenvalue weighted by Crippen LogP contribution is 2.44. The maximum atomic E-state index is 14.6. The van der Waals surface area contributed by atoms with Gasteiger partial charge in [0.1, 0.15) is 23.1 Å². The van der Waals surface area contributed by atoms with Crippen molar-refractivity contribution in [3.63, 3.8) is 0 Å². The number of benzene rings is 4. The number of nitrogens with one attached hydrogen (secondary N) is 1. The Balaban J connectivity index is 1.61. The van der Waals surface area contributed by atoms with Crippen molar-refractivity contribution < 1.29 is 32.9 Å². The Labute approximate surface area is 263 Å². The molecule has 0 aromatic heterocycles. The number of azide groups is 1. The van der Waals surface area contributed by atoms with E-state index in [1.807, 2.05) is 0 Å².